The summed E-state index contributed by atoms with van der Waals surface area (Å²) in [6, 6.07) is 0. The van der Waals surface area contributed by atoms with Crippen LogP contribution in [0.4, 0.5) is 0 Å². The van der Waals surface area contributed by atoms with E-state index in [9.17, 15) is 5.11 Å². The van der Waals surface area contributed by atoms with E-state index in [1.165, 1.54) is 0 Å². The lowest BCUT2D eigenvalue weighted by molar-refractivity contribution is -0.0253. The minimum Gasteiger partial charge on any atom is -0.382 e. The van der Waals surface area contributed by atoms with Gasteiger partial charge in [0.1, 0.15) is 11.4 Å². The number of hydrogen-bond acceptors (Lipinski definition) is 2. The number of rotatable bonds is 5. The van der Waals surface area contributed by atoms with E-state index in [0.717, 1.165) is 18.8 Å². The van der Waals surface area contributed by atoms with Crippen LogP contribution in [0.5, 0.6) is 0 Å². The zero-order chi connectivity index (χ0) is 11.5. The molecule has 1 N–H and O–H groups in total. The molecular formula is C12H22N2O. The Labute approximate surface area is 92.1 Å². The van der Waals surface area contributed by atoms with Crippen LogP contribution < -0.4 is 0 Å². The number of nitrogens with zero attached hydrogens (tertiary/aromatic N) is 2. The van der Waals surface area contributed by atoms with E-state index in [0.29, 0.717) is 6.42 Å². The quantitative estimate of drug-likeness (QED) is 0.811. The Kier molecular flexibility index (Phi) is 3.91. The van der Waals surface area contributed by atoms with Crippen molar-refractivity contribution < 1.29 is 5.11 Å². The van der Waals surface area contributed by atoms with Crippen LogP contribution in [0.3, 0.4) is 0 Å². The summed E-state index contributed by atoms with van der Waals surface area (Å²) in [7, 11) is 0. The number of aromatic nitrogens is 2. The van der Waals surface area contributed by atoms with E-state index in [2.05, 4.69) is 16.5 Å². The van der Waals surface area contributed by atoms with Gasteiger partial charge in [-0.2, -0.15) is 0 Å². The van der Waals surface area contributed by atoms with E-state index in [4.69, 9.17) is 0 Å². The van der Waals surface area contributed by atoms with Crippen molar-refractivity contribution in [3.8, 4) is 0 Å². The highest BCUT2D eigenvalue weighted by atomic mass is 16.3. The van der Waals surface area contributed by atoms with Gasteiger partial charge in [0.05, 0.1) is 0 Å². The number of aliphatic hydroxyl groups is 1. The van der Waals surface area contributed by atoms with Gasteiger partial charge in [-0.05, 0) is 18.8 Å². The van der Waals surface area contributed by atoms with Gasteiger partial charge in [0.15, 0.2) is 0 Å². The summed E-state index contributed by atoms with van der Waals surface area (Å²) in [5, 5.41) is 10.6. The lowest BCUT2D eigenvalue weighted by Crippen LogP contribution is -2.34. The monoisotopic (exact) mass is 210 g/mol. The number of hydrogen-bond donors (Lipinski definition) is 1. The molecule has 1 aromatic rings. The molecule has 0 aliphatic rings. The van der Waals surface area contributed by atoms with E-state index in [1.54, 1.807) is 6.20 Å². The maximum atomic E-state index is 10.6. The first-order chi connectivity index (χ1) is 7.06. The third-order valence-corrected chi connectivity index (χ3v) is 3.06. The minimum absolute atomic E-state index is 0.181. The van der Waals surface area contributed by atoms with Crippen molar-refractivity contribution in [2.24, 2.45) is 5.92 Å². The fourth-order valence-electron chi connectivity index (χ4n) is 1.94. The molecule has 0 bridgehead atoms. The predicted octanol–water partition coefficient (Wildman–Crippen LogP) is 2.55. The molecular weight excluding hydrogens is 188 g/mol. The summed E-state index contributed by atoms with van der Waals surface area (Å²) in [5.41, 5.74) is -0.793. The fraction of sp³-hybridized carbons (Fsp3) is 0.750. The third kappa shape index (κ3) is 2.23. The lowest BCUT2D eigenvalue weighted by atomic mass is 9.87. The Bertz CT molecular complexity index is 306. The van der Waals surface area contributed by atoms with Crippen LogP contribution in [0.1, 0.15) is 46.4 Å². The second-order valence-corrected chi connectivity index (χ2v) is 4.38. The molecule has 1 unspecified atom stereocenters. The molecule has 0 aliphatic carbocycles. The van der Waals surface area contributed by atoms with E-state index < -0.39 is 5.60 Å². The molecule has 1 rings (SSSR count). The topological polar surface area (TPSA) is 38.0 Å². The molecule has 0 radical (unpaired) electrons. The van der Waals surface area contributed by atoms with Crippen molar-refractivity contribution in [3.05, 3.63) is 18.2 Å². The molecule has 3 nitrogen and oxygen atoms in total. The first kappa shape index (κ1) is 12.2. The standard InChI is InChI=1S/C12H22N2O/c1-5-8-14-9-7-13-11(14)12(15,6-2)10(3)4/h7,9-10,15H,5-6,8H2,1-4H3. The molecule has 0 saturated carbocycles. The highest BCUT2D eigenvalue weighted by Crippen LogP contribution is 2.31. The van der Waals surface area contributed by atoms with Crippen LogP contribution in [0.15, 0.2) is 12.4 Å². The zero-order valence-electron chi connectivity index (χ0n) is 10.2. The summed E-state index contributed by atoms with van der Waals surface area (Å²) in [6.07, 6.45) is 5.47. The number of aryl methyl sites for hydroxylation is 1. The Morgan fingerprint density at radius 2 is 2.13 bits per heavy atom. The van der Waals surface area contributed by atoms with Crippen LogP contribution in [0.2, 0.25) is 0 Å². The van der Waals surface area contributed by atoms with Gasteiger partial charge in [0, 0.05) is 18.9 Å². The van der Waals surface area contributed by atoms with Crippen molar-refractivity contribution in [2.75, 3.05) is 0 Å². The molecule has 1 heterocycles. The Morgan fingerprint density at radius 1 is 1.47 bits per heavy atom. The van der Waals surface area contributed by atoms with Crippen LogP contribution >= 0.6 is 0 Å². The molecule has 0 spiro atoms. The summed E-state index contributed by atoms with van der Waals surface area (Å²) in [6.45, 7) is 9.13. The molecule has 0 aliphatic heterocycles. The highest BCUT2D eigenvalue weighted by Gasteiger charge is 2.35. The predicted molar refractivity (Wildman–Crippen MR) is 61.5 cm³/mol. The SMILES string of the molecule is CCCn1ccnc1C(O)(CC)C(C)C. The van der Waals surface area contributed by atoms with Gasteiger partial charge in [-0.25, -0.2) is 4.98 Å². The van der Waals surface area contributed by atoms with E-state index in [-0.39, 0.29) is 5.92 Å². The second kappa shape index (κ2) is 4.79. The van der Waals surface area contributed by atoms with Crippen molar-refractivity contribution in [3.63, 3.8) is 0 Å². The number of imidazole rings is 1. The first-order valence-corrected chi connectivity index (χ1v) is 5.80. The average Bonchev–Trinajstić information content (AvgIpc) is 2.65. The zero-order valence-corrected chi connectivity index (χ0v) is 10.2. The summed E-state index contributed by atoms with van der Waals surface area (Å²) in [4.78, 5) is 4.31. The lowest BCUT2D eigenvalue weighted by Gasteiger charge is -2.30. The summed E-state index contributed by atoms with van der Waals surface area (Å²) in [5.74, 6) is 0.988. The molecule has 86 valence electrons. The van der Waals surface area contributed by atoms with Crippen LogP contribution in [-0.4, -0.2) is 14.7 Å². The van der Waals surface area contributed by atoms with Crippen molar-refractivity contribution >= 4 is 0 Å². The minimum atomic E-state index is -0.793. The molecule has 1 aromatic heterocycles. The first-order valence-electron chi connectivity index (χ1n) is 5.80. The smallest absolute Gasteiger partial charge is 0.141 e. The van der Waals surface area contributed by atoms with Crippen LogP contribution in [0.25, 0.3) is 0 Å². The van der Waals surface area contributed by atoms with Gasteiger partial charge in [-0.3, -0.25) is 0 Å². The summed E-state index contributed by atoms with van der Waals surface area (Å²) >= 11 is 0. The van der Waals surface area contributed by atoms with Gasteiger partial charge in [0.25, 0.3) is 0 Å². The van der Waals surface area contributed by atoms with E-state index in [1.807, 2.05) is 27.0 Å². The van der Waals surface area contributed by atoms with E-state index >= 15 is 0 Å². The third-order valence-electron chi connectivity index (χ3n) is 3.06. The molecule has 0 saturated heterocycles. The van der Waals surface area contributed by atoms with Crippen molar-refractivity contribution in [2.45, 2.75) is 52.7 Å². The fourth-order valence-corrected chi connectivity index (χ4v) is 1.94. The van der Waals surface area contributed by atoms with Gasteiger partial charge < -0.3 is 9.67 Å². The second-order valence-electron chi connectivity index (χ2n) is 4.38. The van der Waals surface area contributed by atoms with Crippen LogP contribution in [-0.2, 0) is 12.1 Å². The van der Waals surface area contributed by atoms with Gasteiger partial charge >= 0.3 is 0 Å². The van der Waals surface area contributed by atoms with Crippen molar-refractivity contribution in [1.82, 2.24) is 9.55 Å². The Balaban J connectivity index is 3.06. The maximum Gasteiger partial charge on any atom is 0.141 e. The Morgan fingerprint density at radius 3 is 2.60 bits per heavy atom. The molecule has 3 heteroatoms. The molecule has 0 amide bonds. The van der Waals surface area contributed by atoms with Crippen molar-refractivity contribution in [1.29, 1.82) is 0 Å². The summed E-state index contributed by atoms with van der Waals surface area (Å²) < 4.78 is 2.06. The largest absolute Gasteiger partial charge is 0.382 e. The molecule has 0 fully saturated rings. The average molecular weight is 210 g/mol. The normalized spacial score (nSPS) is 15.6. The van der Waals surface area contributed by atoms with Gasteiger partial charge in [-0.15, -0.1) is 0 Å². The molecule has 15 heavy (non-hydrogen) atoms. The molecule has 0 aromatic carbocycles. The highest BCUT2D eigenvalue weighted by molar-refractivity contribution is 5.06. The van der Waals surface area contributed by atoms with Gasteiger partial charge in [0.2, 0.25) is 0 Å². The maximum absolute atomic E-state index is 10.6. The van der Waals surface area contributed by atoms with Gasteiger partial charge in [-0.1, -0.05) is 27.7 Å². The van der Waals surface area contributed by atoms with Crippen LogP contribution in [0, 0.1) is 5.92 Å². The Hall–Kier alpha value is -0.830. The molecule has 1 atom stereocenters.